The fourth-order valence-corrected chi connectivity index (χ4v) is 5.68. The molecule has 1 aromatic rings. The van der Waals surface area contributed by atoms with Crippen molar-refractivity contribution in [3.63, 3.8) is 0 Å². The molecule has 1 amide bonds. The predicted octanol–water partition coefficient (Wildman–Crippen LogP) is -0.0777. The molecule has 2 fully saturated rings. The number of likely N-dealkylation sites (tertiary alicyclic amines) is 1. The summed E-state index contributed by atoms with van der Waals surface area (Å²) < 4.78 is 31.8. The van der Waals surface area contributed by atoms with Crippen molar-refractivity contribution in [3.8, 4) is 0 Å². The van der Waals surface area contributed by atoms with Gasteiger partial charge in [0.15, 0.2) is 0 Å². The van der Waals surface area contributed by atoms with Crippen LogP contribution in [0.4, 0.5) is 0 Å². The Labute approximate surface area is 135 Å². The molecule has 2 aliphatic rings. The van der Waals surface area contributed by atoms with Crippen LogP contribution < -0.4 is 0 Å². The second-order valence-corrected chi connectivity index (χ2v) is 8.19. The minimum Gasteiger partial charge on any atom is -0.383 e. The van der Waals surface area contributed by atoms with Crippen LogP contribution >= 0.6 is 0 Å². The molecule has 2 saturated heterocycles. The number of ether oxygens (including phenoxy) is 1. The summed E-state index contributed by atoms with van der Waals surface area (Å²) in [5.41, 5.74) is 0.446. The Kier molecular flexibility index (Phi) is 4.69. The summed E-state index contributed by atoms with van der Waals surface area (Å²) in [4.78, 5) is 14.1. The largest absolute Gasteiger partial charge is 0.383 e. The fraction of sp³-hybridized carbons (Fsp3) is 0.714. The Morgan fingerprint density at radius 1 is 1.43 bits per heavy atom. The van der Waals surface area contributed by atoms with Crippen LogP contribution in [0.3, 0.4) is 0 Å². The molecule has 0 saturated carbocycles. The predicted molar refractivity (Wildman–Crippen MR) is 83.4 cm³/mol. The maximum atomic E-state index is 12.6. The fourth-order valence-electron chi connectivity index (χ4n) is 3.46. The summed E-state index contributed by atoms with van der Waals surface area (Å²) in [5.74, 6) is -0.0347. The number of aromatic nitrogens is 2. The summed E-state index contributed by atoms with van der Waals surface area (Å²) >= 11 is 0. The molecule has 0 bridgehead atoms. The zero-order valence-electron chi connectivity index (χ0n) is 13.1. The molecule has 0 aliphatic carbocycles. The number of amides is 1. The first kappa shape index (κ1) is 16.4. The number of methoxy groups -OCH3 is 1. The topological polar surface area (TPSA) is 95.6 Å². The van der Waals surface area contributed by atoms with E-state index in [2.05, 4.69) is 10.2 Å². The average Bonchev–Trinajstić information content (AvgIpc) is 3.06. The highest BCUT2D eigenvalue weighted by molar-refractivity contribution is 7.90. The number of nitrogens with one attached hydrogen (secondary N) is 1. The van der Waals surface area contributed by atoms with E-state index in [0.29, 0.717) is 51.3 Å². The van der Waals surface area contributed by atoms with E-state index in [4.69, 9.17) is 4.74 Å². The summed E-state index contributed by atoms with van der Waals surface area (Å²) in [6.45, 7) is 2.37. The van der Waals surface area contributed by atoms with E-state index in [1.807, 2.05) is 0 Å². The molecule has 2 aliphatic heterocycles. The van der Waals surface area contributed by atoms with Crippen LogP contribution in [-0.2, 0) is 14.8 Å². The van der Waals surface area contributed by atoms with Gasteiger partial charge in [0.1, 0.15) is 5.69 Å². The second-order valence-electron chi connectivity index (χ2n) is 6.03. The van der Waals surface area contributed by atoms with E-state index in [-0.39, 0.29) is 17.1 Å². The van der Waals surface area contributed by atoms with E-state index in [9.17, 15) is 13.2 Å². The lowest BCUT2D eigenvalue weighted by Crippen LogP contribution is -2.35. The van der Waals surface area contributed by atoms with Gasteiger partial charge in [-0.1, -0.05) is 0 Å². The van der Waals surface area contributed by atoms with Crippen molar-refractivity contribution in [1.82, 2.24) is 19.4 Å². The number of fused-ring (bicyclic) bond motifs is 1. The van der Waals surface area contributed by atoms with Crippen molar-refractivity contribution in [3.05, 3.63) is 18.0 Å². The zero-order chi connectivity index (χ0) is 16.4. The Morgan fingerprint density at radius 3 is 2.91 bits per heavy atom. The third kappa shape index (κ3) is 3.13. The lowest BCUT2D eigenvalue weighted by Gasteiger charge is -2.21. The number of sulfonamides is 1. The van der Waals surface area contributed by atoms with Crippen LogP contribution in [0.5, 0.6) is 0 Å². The Bertz CT molecular complexity index is 646. The zero-order valence-corrected chi connectivity index (χ0v) is 14.0. The molecule has 0 radical (unpaired) electrons. The van der Waals surface area contributed by atoms with Gasteiger partial charge < -0.3 is 9.64 Å². The average molecular weight is 342 g/mol. The van der Waals surface area contributed by atoms with Gasteiger partial charge >= 0.3 is 0 Å². The van der Waals surface area contributed by atoms with E-state index >= 15 is 0 Å². The van der Waals surface area contributed by atoms with Gasteiger partial charge in [0.25, 0.3) is 5.91 Å². The Morgan fingerprint density at radius 2 is 2.22 bits per heavy atom. The molecule has 1 N–H and O–H groups in total. The standard InChI is InChI=1S/C14H22N4O4S/c1-22-9-8-18-10-11-3-6-17(7-4-13(11)23(18,20)21)14(19)12-2-5-15-16-12/h2,5,11,13H,3-4,6-10H2,1H3,(H,15,16)/t11-,13-/m1/s1. The van der Waals surface area contributed by atoms with Gasteiger partial charge in [-0.2, -0.15) is 9.40 Å². The van der Waals surface area contributed by atoms with Gasteiger partial charge in [-0.15, -0.1) is 0 Å². The van der Waals surface area contributed by atoms with Crippen LogP contribution in [0.2, 0.25) is 0 Å². The van der Waals surface area contributed by atoms with Crippen LogP contribution in [0.1, 0.15) is 23.3 Å². The number of carbonyl (C=O) groups is 1. The van der Waals surface area contributed by atoms with Gasteiger partial charge in [0.2, 0.25) is 10.0 Å². The molecule has 1 aromatic heterocycles. The highest BCUT2D eigenvalue weighted by Gasteiger charge is 2.46. The first-order chi connectivity index (χ1) is 11.0. The minimum atomic E-state index is -3.29. The number of nitrogens with zero attached hydrogens (tertiary/aromatic N) is 3. The summed E-state index contributed by atoms with van der Waals surface area (Å²) in [6, 6.07) is 1.64. The van der Waals surface area contributed by atoms with Gasteiger partial charge in [-0.05, 0) is 24.8 Å². The summed E-state index contributed by atoms with van der Waals surface area (Å²) in [6.07, 6.45) is 2.72. The minimum absolute atomic E-state index is 0.0800. The van der Waals surface area contributed by atoms with Crippen molar-refractivity contribution >= 4 is 15.9 Å². The van der Waals surface area contributed by atoms with Crippen molar-refractivity contribution in [2.75, 3.05) is 39.9 Å². The quantitative estimate of drug-likeness (QED) is 0.826. The first-order valence-corrected chi connectivity index (χ1v) is 9.31. The molecular weight excluding hydrogens is 320 g/mol. The van der Waals surface area contributed by atoms with Crippen LogP contribution in [-0.4, -0.2) is 78.9 Å². The number of carbonyl (C=O) groups excluding carboxylic acids is 1. The van der Waals surface area contributed by atoms with Crippen molar-refractivity contribution < 1.29 is 17.9 Å². The summed E-state index contributed by atoms with van der Waals surface area (Å²) in [7, 11) is -1.72. The lowest BCUT2D eigenvalue weighted by atomic mass is 10.0. The number of aromatic amines is 1. The molecule has 0 unspecified atom stereocenters. The van der Waals surface area contributed by atoms with Gasteiger partial charge in [-0.25, -0.2) is 8.42 Å². The maximum absolute atomic E-state index is 12.6. The molecular formula is C14H22N4O4S. The van der Waals surface area contributed by atoms with Crippen LogP contribution in [0, 0.1) is 5.92 Å². The highest BCUT2D eigenvalue weighted by Crippen LogP contribution is 2.34. The monoisotopic (exact) mass is 342 g/mol. The lowest BCUT2D eigenvalue weighted by molar-refractivity contribution is 0.0753. The van der Waals surface area contributed by atoms with Crippen LogP contribution in [0.15, 0.2) is 12.3 Å². The molecule has 128 valence electrons. The molecule has 2 atom stereocenters. The van der Waals surface area contributed by atoms with E-state index < -0.39 is 10.0 Å². The molecule has 3 heterocycles. The molecule has 9 heteroatoms. The maximum Gasteiger partial charge on any atom is 0.271 e. The van der Waals surface area contributed by atoms with Gasteiger partial charge in [0, 0.05) is 39.5 Å². The highest BCUT2D eigenvalue weighted by atomic mass is 32.2. The molecule has 3 rings (SSSR count). The smallest absolute Gasteiger partial charge is 0.271 e. The Hall–Kier alpha value is -1.45. The molecule has 23 heavy (non-hydrogen) atoms. The molecule has 0 spiro atoms. The first-order valence-electron chi connectivity index (χ1n) is 7.80. The van der Waals surface area contributed by atoms with E-state index in [1.54, 1.807) is 18.1 Å². The third-order valence-corrected chi connectivity index (χ3v) is 7.16. The van der Waals surface area contributed by atoms with Crippen molar-refractivity contribution in [2.45, 2.75) is 18.1 Å². The van der Waals surface area contributed by atoms with Gasteiger partial charge in [-0.3, -0.25) is 9.89 Å². The van der Waals surface area contributed by atoms with Crippen molar-refractivity contribution in [1.29, 1.82) is 0 Å². The van der Waals surface area contributed by atoms with E-state index in [0.717, 1.165) is 0 Å². The number of H-pyrrole nitrogens is 1. The second kappa shape index (κ2) is 6.58. The normalized spacial score (nSPS) is 27.6. The third-order valence-electron chi connectivity index (χ3n) is 4.72. The van der Waals surface area contributed by atoms with Crippen LogP contribution in [0.25, 0.3) is 0 Å². The number of hydrogen-bond acceptors (Lipinski definition) is 5. The SMILES string of the molecule is COCCN1C[C@H]2CCN(C(=O)c3ccn[nH]3)CC[C@H]2S1(=O)=O. The van der Waals surface area contributed by atoms with E-state index in [1.165, 1.54) is 10.5 Å². The van der Waals surface area contributed by atoms with Gasteiger partial charge in [0.05, 0.1) is 11.9 Å². The molecule has 0 aromatic carbocycles. The Balaban J connectivity index is 1.68. The summed E-state index contributed by atoms with van der Waals surface area (Å²) in [5, 5.41) is 6.07. The number of hydrogen-bond donors (Lipinski definition) is 1. The number of rotatable bonds is 4. The molecule has 8 nitrogen and oxygen atoms in total. The van der Waals surface area contributed by atoms with Crippen molar-refractivity contribution in [2.24, 2.45) is 5.92 Å².